The molecule has 1 saturated heterocycles. The fraction of sp³-hybridized carbons (Fsp3) is 0.538. The molecule has 0 amide bonds. The Morgan fingerprint density at radius 3 is 3.00 bits per heavy atom. The largest absolute Gasteiger partial charge is 0.381 e. The molecule has 18 heavy (non-hydrogen) atoms. The summed E-state index contributed by atoms with van der Waals surface area (Å²) >= 11 is 5.88. The average molecular weight is 266 g/mol. The molecule has 2 aromatic rings. The molecule has 96 valence electrons. The first kappa shape index (κ1) is 11.9. The molecule has 4 nitrogen and oxygen atoms in total. The van der Waals surface area contributed by atoms with Crippen LogP contribution in [0.4, 0.5) is 0 Å². The number of ether oxygens (including phenoxy) is 1. The van der Waals surface area contributed by atoms with E-state index in [2.05, 4.69) is 14.5 Å². The maximum atomic E-state index is 5.88. The van der Waals surface area contributed by atoms with Gasteiger partial charge in [0.1, 0.15) is 11.3 Å². The lowest BCUT2D eigenvalue weighted by Crippen LogP contribution is -2.21. The van der Waals surface area contributed by atoms with Crippen molar-refractivity contribution in [1.82, 2.24) is 14.5 Å². The molecule has 0 N–H and O–H groups in total. The monoisotopic (exact) mass is 265 g/mol. The summed E-state index contributed by atoms with van der Waals surface area (Å²) in [6.45, 7) is 1.66. The van der Waals surface area contributed by atoms with Crippen LogP contribution in [0.2, 0.25) is 0 Å². The van der Waals surface area contributed by atoms with E-state index in [1.165, 1.54) is 0 Å². The number of fused-ring (bicyclic) bond motifs is 1. The molecule has 0 aliphatic carbocycles. The highest BCUT2D eigenvalue weighted by Crippen LogP contribution is 2.27. The highest BCUT2D eigenvalue weighted by Gasteiger charge is 2.21. The number of halogens is 1. The standard InChI is InChI=1S/C13H16ClN3O/c14-5-1-13-16-11-9-15-6-2-12(11)17(13)10-3-7-18-8-4-10/h2,6,9-10H,1,3-5,7-8H2. The Kier molecular flexibility index (Phi) is 3.48. The number of nitrogens with zero attached hydrogens (tertiary/aromatic N) is 3. The van der Waals surface area contributed by atoms with Gasteiger partial charge in [-0.05, 0) is 18.9 Å². The number of alkyl halides is 1. The van der Waals surface area contributed by atoms with E-state index in [0.717, 1.165) is 49.3 Å². The lowest BCUT2D eigenvalue weighted by Gasteiger charge is -2.25. The van der Waals surface area contributed by atoms with Crippen molar-refractivity contribution in [3.8, 4) is 0 Å². The van der Waals surface area contributed by atoms with Crippen molar-refractivity contribution in [2.75, 3.05) is 19.1 Å². The van der Waals surface area contributed by atoms with Crippen molar-refractivity contribution in [2.45, 2.75) is 25.3 Å². The molecule has 0 saturated carbocycles. The predicted octanol–water partition coefficient (Wildman–Crippen LogP) is 2.56. The number of hydrogen-bond acceptors (Lipinski definition) is 3. The average Bonchev–Trinajstić information content (AvgIpc) is 2.78. The molecule has 0 aromatic carbocycles. The molecule has 1 aliphatic heterocycles. The van der Waals surface area contributed by atoms with Crippen LogP contribution < -0.4 is 0 Å². The van der Waals surface area contributed by atoms with Crippen molar-refractivity contribution in [1.29, 1.82) is 0 Å². The third kappa shape index (κ3) is 2.10. The molecule has 1 aliphatic rings. The third-order valence-electron chi connectivity index (χ3n) is 3.44. The first-order valence-electron chi connectivity index (χ1n) is 6.34. The number of hydrogen-bond donors (Lipinski definition) is 0. The first-order valence-corrected chi connectivity index (χ1v) is 6.88. The molecule has 0 bridgehead atoms. The van der Waals surface area contributed by atoms with Gasteiger partial charge in [-0.25, -0.2) is 4.98 Å². The van der Waals surface area contributed by atoms with E-state index in [1.54, 1.807) is 0 Å². The van der Waals surface area contributed by atoms with Crippen LogP contribution in [-0.2, 0) is 11.2 Å². The molecule has 3 heterocycles. The fourth-order valence-corrected chi connectivity index (χ4v) is 2.78. The van der Waals surface area contributed by atoms with Crippen LogP contribution >= 0.6 is 11.6 Å². The zero-order chi connectivity index (χ0) is 12.4. The third-order valence-corrected chi connectivity index (χ3v) is 3.63. The summed E-state index contributed by atoms with van der Waals surface area (Å²) in [6, 6.07) is 2.51. The molecule has 0 atom stereocenters. The normalized spacial score (nSPS) is 17.4. The molecule has 0 unspecified atom stereocenters. The Bertz CT molecular complexity index is 534. The van der Waals surface area contributed by atoms with Crippen LogP contribution in [0.3, 0.4) is 0 Å². The minimum atomic E-state index is 0.476. The number of imidazole rings is 1. The van der Waals surface area contributed by atoms with Gasteiger partial charge in [-0.3, -0.25) is 4.98 Å². The van der Waals surface area contributed by atoms with Crippen molar-refractivity contribution in [2.24, 2.45) is 0 Å². The zero-order valence-corrected chi connectivity index (χ0v) is 10.9. The number of aromatic nitrogens is 3. The van der Waals surface area contributed by atoms with Gasteiger partial charge in [-0.15, -0.1) is 11.6 Å². The van der Waals surface area contributed by atoms with Gasteiger partial charge in [0.25, 0.3) is 0 Å². The van der Waals surface area contributed by atoms with Crippen LogP contribution in [-0.4, -0.2) is 33.6 Å². The Morgan fingerprint density at radius 1 is 1.39 bits per heavy atom. The molecule has 3 rings (SSSR count). The van der Waals surface area contributed by atoms with Crippen LogP contribution in [0.25, 0.3) is 11.0 Å². The van der Waals surface area contributed by atoms with Gasteiger partial charge in [-0.1, -0.05) is 0 Å². The highest BCUT2D eigenvalue weighted by atomic mass is 35.5. The topological polar surface area (TPSA) is 39.9 Å². The van der Waals surface area contributed by atoms with Gasteiger partial charge in [0.2, 0.25) is 0 Å². The summed E-state index contributed by atoms with van der Waals surface area (Å²) in [6.07, 6.45) is 6.53. The Hall–Kier alpha value is -1.13. The van der Waals surface area contributed by atoms with Gasteiger partial charge in [0.05, 0.1) is 11.7 Å². The second kappa shape index (κ2) is 5.24. The van der Waals surface area contributed by atoms with Crippen molar-refractivity contribution < 1.29 is 4.74 Å². The summed E-state index contributed by atoms with van der Waals surface area (Å²) in [5, 5.41) is 0. The molecular weight excluding hydrogens is 250 g/mol. The number of rotatable bonds is 3. The summed E-state index contributed by atoms with van der Waals surface area (Å²) < 4.78 is 7.77. The molecule has 2 aromatic heterocycles. The molecule has 0 radical (unpaired) electrons. The van der Waals surface area contributed by atoms with Crippen molar-refractivity contribution >= 4 is 22.6 Å². The fourth-order valence-electron chi connectivity index (χ4n) is 2.61. The van der Waals surface area contributed by atoms with E-state index in [4.69, 9.17) is 16.3 Å². The predicted molar refractivity (Wildman–Crippen MR) is 71.0 cm³/mol. The van der Waals surface area contributed by atoms with Gasteiger partial charge < -0.3 is 9.30 Å². The second-order valence-corrected chi connectivity index (χ2v) is 4.92. The smallest absolute Gasteiger partial charge is 0.111 e. The Morgan fingerprint density at radius 2 is 2.22 bits per heavy atom. The van der Waals surface area contributed by atoms with E-state index in [1.807, 2.05) is 18.5 Å². The van der Waals surface area contributed by atoms with E-state index in [0.29, 0.717) is 11.9 Å². The summed E-state index contributed by atoms with van der Waals surface area (Å²) in [4.78, 5) is 8.79. The maximum Gasteiger partial charge on any atom is 0.111 e. The molecular formula is C13H16ClN3O. The SMILES string of the molecule is ClCCc1nc2cnccc2n1C1CCOCC1. The molecule has 0 spiro atoms. The van der Waals surface area contributed by atoms with Crippen molar-refractivity contribution in [3.63, 3.8) is 0 Å². The van der Waals surface area contributed by atoms with Gasteiger partial charge >= 0.3 is 0 Å². The maximum absolute atomic E-state index is 5.88. The van der Waals surface area contributed by atoms with Gasteiger partial charge in [0.15, 0.2) is 0 Å². The Labute approximate surface area is 111 Å². The highest BCUT2D eigenvalue weighted by molar-refractivity contribution is 6.17. The lowest BCUT2D eigenvalue weighted by atomic mass is 10.1. The van der Waals surface area contributed by atoms with E-state index in [9.17, 15) is 0 Å². The number of pyridine rings is 1. The summed E-state index contributed by atoms with van der Waals surface area (Å²) in [5.41, 5.74) is 2.13. The van der Waals surface area contributed by atoms with Crippen LogP contribution in [0.5, 0.6) is 0 Å². The lowest BCUT2D eigenvalue weighted by molar-refractivity contribution is 0.0699. The van der Waals surface area contributed by atoms with Crippen LogP contribution in [0.1, 0.15) is 24.7 Å². The van der Waals surface area contributed by atoms with E-state index < -0.39 is 0 Å². The molecule has 1 fully saturated rings. The van der Waals surface area contributed by atoms with E-state index in [-0.39, 0.29) is 0 Å². The molecule has 5 heteroatoms. The van der Waals surface area contributed by atoms with Crippen LogP contribution in [0, 0.1) is 0 Å². The minimum Gasteiger partial charge on any atom is -0.381 e. The summed E-state index contributed by atoms with van der Waals surface area (Å²) in [7, 11) is 0. The quantitative estimate of drug-likeness (QED) is 0.801. The zero-order valence-electron chi connectivity index (χ0n) is 10.2. The van der Waals surface area contributed by atoms with Crippen molar-refractivity contribution in [3.05, 3.63) is 24.3 Å². The van der Waals surface area contributed by atoms with Gasteiger partial charge in [0, 0.05) is 37.8 Å². The first-order chi connectivity index (χ1) is 8.90. The minimum absolute atomic E-state index is 0.476. The Balaban J connectivity index is 2.07. The number of aryl methyl sites for hydroxylation is 1. The van der Waals surface area contributed by atoms with Gasteiger partial charge in [-0.2, -0.15) is 0 Å². The van der Waals surface area contributed by atoms with E-state index >= 15 is 0 Å². The second-order valence-electron chi connectivity index (χ2n) is 4.54. The van der Waals surface area contributed by atoms with Crippen LogP contribution in [0.15, 0.2) is 18.5 Å². The summed E-state index contributed by atoms with van der Waals surface area (Å²) in [5.74, 6) is 1.67.